The van der Waals surface area contributed by atoms with Crippen LogP contribution in [0.5, 0.6) is 0 Å². The molecule has 0 aliphatic rings. The predicted molar refractivity (Wildman–Crippen MR) is 36.6 cm³/mol. The molecule has 0 unspecified atom stereocenters. The number of nitrogens with zero attached hydrogens (tertiary/aromatic N) is 1. The Balaban J connectivity index is 2.75. The van der Waals surface area contributed by atoms with Gasteiger partial charge in [-0.25, -0.2) is 0 Å². The highest BCUT2D eigenvalue weighted by Gasteiger charge is 1.88. The predicted octanol–water partition coefficient (Wildman–Crippen LogP) is -0.607. The van der Waals surface area contributed by atoms with Gasteiger partial charge >= 0.3 is 0 Å². The quantitative estimate of drug-likeness (QED) is 0.385. The van der Waals surface area contributed by atoms with Gasteiger partial charge in [-0.2, -0.15) is 22.2 Å². The molecule has 0 rings (SSSR count). The second-order valence-corrected chi connectivity index (χ2v) is 6.06. The van der Waals surface area contributed by atoms with Gasteiger partial charge in [0.25, 0.3) is 0 Å². The number of hydrogen-bond donors (Lipinski definition) is 0. The number of rotatable bonds is 2. The molecule has 6 heavy (non-hydrogen) atoms. The minimum atomic E-state index is -0.426. The van der Waals surface area contributed by atoms with Crippen molar-refractivity contribution in [2.45, 2.75) is 0 Å². The van der Waals surface area contributed by atoms with E-state index >= 15 is 0 Å². The first kappa shape index (κ1) is 6.97. The summed E-state index contributed by atoms with van der Waals surface area (Å²) in [6.45, 7) is 0. The van der Waals surface area contributed by atoms with E-state index in [-0.39, 0.29) is 0 Å². The SMILES string of the molecule is CN([SiH2]Cl)[SiH2]Cl. The van der Waals surface area contributed by atoms with Gasteiger partial charge in [-0.05, 0) is 7.05 Å². The fraction of sp³-hybridized carbons (Fsp3) is 1.00. The first-order valence-corrected chi connectivity index (χ1v) is 7.16. The average molecular weight is 160 g/mol. The van der Waals surface area contributed by atoms with Crippen molar-refractivity contribution in [3.05, 3.63) is 0 Å². The Bertz CT molecular complexity index is 30.7. The zero-order chi connectivity index (χ0) is 4.99. The van der Waals surface area contributed by atoms with Gasteiger partial charge in [0.05, 0.1) is 0 Å². The van der Waals surface area contributed by atoms with E-state index in [1.54, 1.807) is 0 Å². The second kappa shape index (κ2) is 4.14. The Morgan fingerprint density at radius 3 is 1.67 bits per heavy atom. The molecule has 0 N–H and O–H groups in total. The molecular formula is CH7Cl2NSi2. The highest BCUT2D eigenvalue weighted by atomic mass is 35.6. The third-order valence-electron chi connectivity index (χ3n) is 0.408. The summed E-state index contributed by atoms with van der Waals surface area (Å²) < 4.78 is 2.06. The molecule has 0 aliphatic heterocycles. The van der Waals surface area contributed by atoms with Crippen LogP contribution in [0.1, 0.15) is 0 Å². The maximum absolute atomic E-state index is 5.47. The van der Waals surface area contributed by atoms with Crippen molar-refractivity contribution in [2.24, 2.45) is 0 Å². The summed E-state index contributed by atoms with van der Waals surface area (Å²) in [6, 6.07) is 0. The molecule has 0 fully saturated rings. The molecule has 0 aliphatic carbocycles. The largest absolute Gasteiger partial charge is 0.334 e. The van der Waals surface area contributed by atoms with Crippen LogP contribution in [-0.4, -0.2) is 29.3 Å². The number of hydrogen-bond acceptors (Lipinski definition) is 1. The molecule has 0 aromatic heterocycles. The lowest BCUT2D eigenvalue weighted by atomic mass is 11.6. The lowest BCUT2D eigenvalue weighted by Gasteiger charge is -2.02. The van der Waals surface area contributed by atoms with Crippen LogP contribution in [0, 0.1) is 0 Å². The molecule has 0 amide bonds. The molecule has 0 saturated carbocycles. The molecule has 0 aromatic carbocycles. The molecule has 5 heteroatoms. The lowest BCUT2D eigenvalue weighted by molar-refractivity contribution is 0.878. The minimum absolute atomic E-state index is 0.426. The highest BCUT2D eigenvalue weighted by Crippen LogP contribution is 1.79. The highest BCUT2D eigenvalue weighted by molar-refractivity contribution is 7.02. The van der Waals surface area contributed by atoms with Crippen LogP contribution in [0.2, 0.25) is 0 Å². The zero-order valence-corrected chi connectivity index (χ0v) is 7.96. The van der Waals surface area contributed by atoms with Crippen molar-refractivity contribution in [3.8, 4) is 0 Å². The van der Waals surface area contributed by atoms with Gasteiger partial charge in [0.15, 0.2) is 18.0 Å². The maximum atomic E-state index is 5.47. The molecule has 0 heterocycles. The fourth-order valence-electron chi connectivity index (χ4n) is 0.0319. The molecular weight excluding hydrogens is 153 g/mol. The van der Waals surface area contributed by atoms with E-state index in [9.17, 15) is 0 Å². The molecule has 0 spiro atoms. The Morgan fingerprint density at radius 1 is 1.33 bits per heavy atom. The Labute approximate surface area is 51.8 Å². The molecule has 0 radical (unpaired) electrons. The molecule has 0 atom stereocenters. The van der Waals surface area contributed by atoms with Gasteiger partial charge in [-0.1, -0.05) is 0 Å². The normalized spacial score (nSPS) is 14.0. The third-order valence-corrected chi connectivity index (χ3v) is 6.72. The van der Waals surface area contributed by atoms with Crippen molar-refractivity contribution in [1.29, 1.82) is 0 Å². The average Bonchev–Trinajstić information content (AvgIpc) is 1.65. The van der Waals surface area contributed by atoms with Gasteiger partial charge < -0.3 is 4.23 Å². The monoisotopic (exact) mass is 159 g/mol. The van der Waals surface area contributed by atoms with Gasteiger partial charge in [0, 0.05) is 0 Å². The Hall–Kier alpha value is 0.974. The van der Waals surface area contributed by atoms with Crippen LogP contribution in [0.25, 0.3) is 0 Å². The molecule has 1 nitrogen and oxygen atoms in total. The minimum Gasteiger partial charge on any atom is -0.334 e. The van der Waals surface area contributed by atoms with Crippen molar-refractivity contribution in [2.75, 3.05) is 7.05 Å². The van der Waals surface area contributed by atoms with Crippen molar-refractivity contribution < 1.29 is 0 Å². The van der Waals surface area contributed by atoms with Crippen LogP contribution >= 0.6 is 22.2 Å². The van der Waals surface area contributed by atoms with Gasteiger partial charge in [0.2, 0.25) is 0 Å². The van der Waals surface area contributed by atoms with Crippen LogP contribution in [-0.2, 0) is 0 Å². The van der Waals surface area contributed by atoms with E-state index in [0.29, 0.717) is 0 Å². The molecule has 38 valence electrons. The van der Waals surface area contributed by atoms with E-state index < -0.39 is 18.0 Å². The van der Waals surface area contributed by atoms with Crippen LogP contribution < -0.4 is 0 Å². The topological polar surface area (TPSA) is 3.24 Å². The van der Waals surface area contributed by atoms with Gasteiger partial charge in [-0.3, -0.25) is 0 Å². The Kier molecular flexibility index (Phi) is 4.81. The van der Waals surface area contributed by atoms with Gasteiger partial charge in [-0.15, -0.1) is 0 Å². The van der Waals surface area contributed by atoms with Crippen LogP contribution in [0.3, 0.4) is 0 Å². The van der Waals surface area contributed by atoms with Crippen molar-refractivity contribution >= 4 is 40.1 Å². The van der Waals surface area contributed by atoms with E-state index in [1.165, 1.54) is 0 Å². The summed E-state index contributed by atoms with van der Waals surface area (Å²) in [4.78, 5) is 0. The van der Waals surface area contributed by atoms with Crippen molar-refractivity contribution in [1.82, 2.24) is 4.23 Å². The second-order valence-electron chi connectivity index (χ2n) is 1.10. The smallest absolute Gasteiger partial charge is 0.191 e. The summed E-state index contributed by atoms with van der Waals surface area (Å²) in [5.41, 5.74) is 0. The fourth-order valence-corrected chi connectivity index (χ4v) is 2.59. The first-order valence-electron chi connectivity index (χ1n) is 1.61. The molecule has 0 bridgehead atoms. The first-order chi connectivity index (χ1) is 2.81. The van der Waals surface area contributed by atoms with Crippen molar-refractivity contribution in [3.63, 3.8) is 0 Å². The van der Waals surface area contributed by atoms with E-state index in [2.05, 4.69) is 4.23 Å². The summed E-state index contributed by atoms with van der Waals surface area (Å²) in [5.74, 6) is 0. The third kappa shape index (κ3) is 3.17. The summed E-state index contributed by atoms with van der Waals surface area (Å²) in [5, 5.41) is 0. The van der Waals surface area contributed by atoms with E-state index in [0.717, 1.165) is 0 Å². The zero-order valence-electron chi connectivity index (χ0n) is 3.62. The van der Waals surface area contributed by atoms with E-state index in [1.807, 2.05) is 7.05 Å². The Morgan fingerprint density at radius 2 is 1.67 bits per heavy atom. The summed E-state index contributed by atoms with van der Waals surface area (Å²) in [6.07, 6.45) is 0. The van der Waals surface area contributed by atoms with Crippen LogP contribution in [0.15, 0.2) is 0 Å². The standard InChI is InChI=1S/CH7Cl2NSi2/c1-4(5-2)6-3/h5-6H2,1H3. The molecule has 0 saturated heterocycles. The summed E-state index contributed by atoms with van der Waals surface area (Å²) >= 11 is 10.9. The van der Waals surface area contributed by atoms with E-state index in [4.69, 9.17) is 22.2 Å². The maximum Gasteiger partial charge on any atom is 0.191 e. The molecule has 0 aromatic rings. The van der Waals surface area contributed by atoms with Crippen LogP contribution in [0.4, 0.5) is 0 Å². The number of halogens is 2. The van der Waals surface area contributed by atoms with Gasteiger partial charge in [0.1, 0.15) is 0 Å². The lowest BCUT2D eigenvalue weighted by Crippen LogP contribution is -2.19. The summed E-state index contributed by atoms with van der Waals surface area (Å²) in [7, 11) is 1.12.